The number of hydrogen-bond acceptors (Lipinski definition) is 4. The first-order valence-corrected chi connectivity index (χ1v) is 6.52. The minimum atomic E-state index is -0.431. The van der Waals surface area contributed by atoms with Crippen molar-refractivity contribution in [2.45, 2.75) is 58.1 Å². The smallest absolute Gasteiger partial charge is 0.313 e. The molecule has 1 aliphatic rings. The van der Waals surface area contributed by atoms with Crippen molar-refractivity contribution in [1.82, 2.24) is 9.78 Å². The van der Waals surface area contributed by atoms with Crippen LogP contribution >= 0.6 is 0 Å². The van der Waals surface area contributed by atoms with E-state index in [1.807, 2.05) is 13.8 Å². The van der Waals surface area contributed by atoms with E-state index in [0.29, 0.717) is 24.2 Å². The maximum atomic E-state index is 11.2. The van der Waals surface area contributed by atoms with E-state index in [0.717, 1.165) is 19.3 Å². The second kappa shape index (κ2) is 5.06. The average molecular weight is 253 g/mol. The van der Waals surface area contributed by atoms with E-state index in [4.69, 9.17) is 0 Å². The minimum Gasteiger partial charge on any atom is -0.391 e. The lowest BCUT2D eigenvalue weighted by molar-refractivity contribution is -0.386. The van der Waals surface area contributed by atoms with E-state index in [2.05, 4.69) is 5.10 Å². The molecule has 0 aliphatic heterocycles. The van der Waals surface area contributed by atoms with Gasteiger partial charge >= 0.3 is 5.69 Å². The third-order valence-corrected chi connectivity index (χ3v) is 3.66. The number of aromatic nitrogens is 2. The third kappa shape index (κ3) is 2.01. The van der Waals surface area contributed by atoms with Crippen molar-refractivity contribution in [3.63, 3.8) is 0 Å². The minimum absolute atomic E-state index is 0.0982. The summed E-state index contributed by atoms with van der Waals surface area (Å²) in [5.41, 5.74) is 1.30. The van der Waals surface area contributed by atoms with Crippen LogP contribution in [0.3, 0.4) is 0 Å². The van der Waals surface area contributed by atoms with Gasteiger partial charge in [0.1, 0.15) is 11.4 Å². The molecule has 1 aromatic rings. The highest BCUT2D eigenvalue weighted by Gasteiger charge is 2.34. The predicted molar refractivity (Wildman–Crippen MR) is 66.5 cm³/mol. The monoisotopic (exact) mass is 253 g/mol. The zero-order valence-electron chi connectivity index (χ0n) is 10.8. The summed E-state index contributed by atoms with van der Waals surface area (Å²) >= 11 is 0. The van der Waals surface area contributed by atoms with Crippen molar-refractivity contribution in [2.75, 3.05) is 0 Å². The van der Waals surface area contributed by atoms with Crippen LogP contribution in [0.25, 0.3) is 0 Å². The first kappa shape index (κ1) is 13.0. The Morgan fingerprint density at radius 1 is 1.44 bits per heavy atom. The average Bonchev–Trinajstić information content (AvgIpc) is 2.91. The Kier molecular flexibility index (Phi) is 3.65. The lowest BCUT2D eigenvalue weighted by Gasteiger charge is -2.17. The lowest BCUT2D eigenvalue weighted by atomic mass is 10.2. The van der Waals surface area contributed by atoms with E-state index >= 15 is 0 Å². The van der Waals surface area contributed by atoms with Crippen LogP contribution in [0.2, 0.25) is 0 Å². The molecule has 100 valence electrons. The third-order valence-electron chi connectivity index (χ3n) is 3.66. The van der Waals surface area contributed by atoms with Crippen molar-refractivity contribution in [2.24, 2.45) is 0 Å². The summed E-state index contributed by atoms with van der Waals surface area (Å²) in [6.45, 7) is 3.76. The largest absolute Gasteiger partial charge is 0.391 e. The molecule has 0 spiro atoms. The van der Waals surface area contributed by atoms with Crippen LogP contribution in [-0.2, 0) is 12.8 Å². The number of nitro groups is 1. The molecule has 6 nitrogen and oxygen atoms in total. The number of aliphatic hydroxyl groups is 1. The molecule has 0 saturated heterocycles. The molecule has 1 fully saturated rings. The molecule has 2 atom stereocenters. The molecule has 1 N–H and O–H groups in total. The van der Waals surface area contributed by atoms with Crippen LogP contribution in [0, 0.1) is 10.1 Å². The Balaban J connectivity index is 2.50. The number of hydrogen-bond donors (Lipinski definition) is 1. The molecule has 0 bridgehead atoms. The zero-order valence-corrected chi connectivity index (χ0v) is 10.8. The second-order valence-electron chi connectivity index (χ2n) is 4.72. The predicted octanol–water partition coefficient (Wildman–Crippen LogP) is 2.00. The molecule has 6 heteroatoms. The Morgan fingerprint density at radius 2 is 2.17 bits per heavy atom. The fourth-order valence-electron chi connectivity index (χ4n) is 2.77. The first-order chi connectivity index (χ1) is 8.60. The molecule has 0 aromatic carbocycles. The van der Waals surface area contributed by atoms with Gasteiger partial charge in [-0.15, -0.1) is 0 Å². The van der Waals surface area contributed by atoms with E-state index in [9.17, 15) is 15.2 Å². The first-order valence-electron chi connectivity index (χ1n) is 6.52. The molecule has 0 radical (unpaired) electrons. The normalized spacial score (nSPS) is 23.5. The van der Waals surface area contributed by atoms with Crippen molar-refractivity contribution in [3.05, 3.63) is 21.5 Å². The highest BCUT2D eigenvalue weighted by Crippen LogP contribution is 2.34. The number of nitrogens with zero attached hydrogens (tertiary/aromatic N) is 3. The van der Waals surface area contributed by atoms with Crippen molar-refractivity contribution < 1.29 is 10.0 Å². The van der Waals surface area contributed by atoms with E-state index in [-0.39, 0.29) is 16.7 Å². The maximum absolute atomic E-state index is 11.2. The van der Waals surface area contributed by atoms with E-state index in [1.165, 1.54) is 0 Å². The Labute approximate surface area is 106 Å². The Bertz CT molecular complexity index is 456. The molecule has 0 amide bonds. The number of rotatable bonds is 4. The number of aryl methyl sites for hydroxylation is 1. The van der Waals surface area contributed by atoms with Gasteiger partial charge in [0.25, 0.3) is 0 Å². The van der Waals surface area contributed by atoms with Crippen molar-refractivity contribution in [1.29, 1.82) is 0 Å². The zero-order chi connectivity index (χ0) is 13.3. The molecule has 1 aromatic heterocycles. The summed E-state index contributed by atoms with van der Waals surface area (Å²) in [5.74, 6) is 0. The van der Waals surface area contributed by atoms with Gasteiger partial charge in [-0.2, -0.15) is 5.10 Å². The van der Waals surface area contributed by atoms with Gasteiger partial charge in [0.2, 0.25) is 0 Å². The number of aliphatic hydroxyl groups excluding tert-OH is 1. The quantitative estimate of drug-likeness (QED) is 0.657. The van der Waals surface area contributed by atoms with Gasteiger partial charge in [-0.3, -0.25) is 14.8 Å². The maximum Gasteiger partial charge on any atom is 0.313 e. The summed E-state index contributed by atoms with van der Waals surface area (Å²) in [6, 6.07) is -0.0982. The standard InChI is InChI=1S/C12H19N3O3/c1-3-8-12(15(17)18)9(4-2)14(13-8)10-6-5-7-11(10)16/h10-11,16H,3-7H2,1-2H3. The second-order valence-corrected chi connectivity index (χ2v) is 4.72. The lowest BCUT2D eigenvalue weighted by Crippen LogP contribution is -2.21. The SMILES string of the molecule is CCc1nn(C2CCCC2O)c(CC)c1[N+](=O)[O-]. The van der Waals surface area contributed by atoms with Gasteiger partial charge in [0, 0.05) is 0 Å². The molecule has 2 rings (SSSR count). The molecule has 1 heterocycles. The molecular formula is C12H19N3O3. The molecular weight excluding hydrogens is 234 g/mol. The molecule has 1 saturated carbocycles. The van der Waals surface area contributed by atoms with E-state index < -0.39 is 6.10 Å². The molecule has 18 heavy (non-hydrogen) atoms. The summed E-state index contributed by atoms with van der Waals surface area (Å²) in [5, 5.41) is 25.5. The van der Waals surface area contributed by atoms with Gasteiger partial charge in [0.05, 0.1) is 17.1 Å². The van der Waals surface area contributed by atoms with Gasteiger partial charge in [-0.25, -0.2) is 0 Å². The van der Waals surface area contributed by atoms with Gasteiger partial charge in [-0.1, -0.05) is 13.8 Å². The highest BCUT2D eigenvalue weighted by molar-refractivity contribution is 5.41. The van der Waals surface area contributed by atoms with Crippen LogP contribution in [0.4, 0.5) is 5.69 Å². The topological polar surface area (TPSA) is 81.2 Å². The summed E-state index contributed by atoms with van der Waals surface area (Å²) in [4.78, 5) is 10.8. The highest BCUT2D eigenvalue weighted by atomic mass is 16.6. The summed E-state index contributed by atoms with van der Waals surface area (Å²) in [7, 11) is 0. The van der Waals surface area contributed by atoms with Gasteiger partial charge in [0.15, 0.2) is 0 Å². The van der Waals surface area contributed by atoms with Crippen molar-refractivity contribution in [3.8, 4) is 0 Å². The van der Waals surface area contributed by atoms with Crippen LogP contribution in [0.5, 0.6) is 0 Å². The summed E-state index contributed by atoms with van der Waals surface area (Å²) < 4.78 is 1.70. The van der Waals surface area contributed by atoms with Gasteiger partial charge in [-0.05, 0) is 32.1 Å². The molecule has 1 aliphatic carbocycles. The fourth-order valence-corrected chi connectivity index (χ4v) is 2.77. The van der Waals surface area contributed by atoms with E-state index in [1.54, 1.807) is 4.68 Å². The van der Waals surface area contributed by atoms with Crippen LogP contribution < -0.4 is 0 Å². The van der Waals surface area contributed by atoms with Crippen molar-refractivity contribution >= 4 is 5.69 Å². The molecule has 2 unspecified atom stereocenters. The Morgan fingerprint density at radius 3 is 2.61 bits per heavy atom. The van der Waals surface area contributed by atoms with Crippen LogP contribution in [-0.4, -0.2) is 25.9 Å². The van der Waals surface area contributed by atoms with Crippen LogP contribution in [0.15, 0.2) is 0 Å². The summed E-state index contributed by atoms with van der Waals surface area (Å²) in [6.07, 6.45) is 3.22. The fraction of sp³-hybridized carbons (Fsp3) is 0.750. The van der Waals surface area contributed by atoms with Crippen LogP contribution in [0.1, 0.15) is 50.5 Å². The van der Waals surface area contributed by atoms with Gasteiger partial charge < -0.3 is 5.11 Å². The Hall–Kier alpha value is -1.43.